The zero-order valence-electron chi connectivity index (χ0n) is 17.8. The molecule has 0 bridgehead atoms. The molecule has 168 valence electrons. The van der Waals surface area contributed by atoms with Crippen molar-refractivity contribution in [3.8, 4) is 11.3 Å². The van der Waals surface area contributed by atoms with Gasteiger partial charge in [-0.05, 0) is 36.4 Å². The summed E-state index contributed by atoms with van der Waals surface area (Å²) in [4.78, 5) is 25.1. The topological polar surface area (TPSA) is 122 Å². The highest BCUT2D eigenvalue weighted by atomic mass is 32.2. The maximum atomic E-state index is 12.6. The van der Waals surface area contributed by atoms with Crippen molar-refractivity contribution in [3.63, 3.8) is 0 Å². The monoisotopic (exact) mass is 464 g/mol. The maximum absolute atomic E-state index is 12.6. The lowest BCUT2D eigenvalue weighted by Crippen LogP contribution is -2.41. The van der Waals surface area contributed by atoms with Crippen LogP contribution in [-0.4, -0.2) is 43.8 Å². The molecule has 1 heterocycles. The molecule has 10 heteroatoms. The highest BCUT2D eigenvalue weighted by Crippen LogP contribution is 2.29. The number of nitrogens with one attached hydrogen (secondary N) is 2. The van der Waals surface area contributed by atoms with Gasteiger partial charge in [-0.3, -0.25) is 20.4 Å². The lowest BCUT2D eigenvalue weighted by atomic mass is 10.1. The first-order valence-electron chi connectivity index (χ1n) is 9.85. The predicted molar refractivity (Wildman–Crippen MR) is 122 cm³/mol. The van der Waals surface area contributed by atoms with E-state index in [4.69, 9.17) is 4.52 Å². The van der Waals surface area contributed by atoms with Gasteiger partial charge in [-0.2, -0.15) is 0 Å². The van der Waals surface area contributed by atoms with Crippen LogP contribution in [0.25, 0.3) is 22.2 Å². The number of sulfonamides is 1. The third-order valence-electron chi connectivity index (χ3n) is 4.94. The SMILES string of the molecule is CN(C)S(=O)(=O)c1cccc(C(=O)NNC(=O)c2ccc3noc(-c4ccccc4)c3c2)c1. The summed E-state index contributed by atoms with van der Waals surface area (Å²) in [5.74, 6) is -0.680. The molecule has 0 radical (unpaired) electrons. The third kappa shape index (κ3) is 4.47. The fourth-order valence-electron chi connectivity index (χ4n) is 3.15. The van der Waals surface area contributed by atoms with Gasteiger partial charge in [-0.1, -0.05) is 41.6 Å². The van der Waals surface area contributed by atoms with Crippen LogP contribution in [0.3, 0.4) is 0 Å². The molecule has 0 unspecified atom stereocenters. The average molecular weight is 465 g/mol. The maximum Gasteiger partial charge on any atom is 0.269 e. The van der Waals surface area contributed by atoms with Crippen LogP contribution in [-0.2, 0) is 10.0 Å². The highest BCUT2D eigenvalue weighted by molar-refractivity contribution is 7.89. The van der Waals surface area contributed by atoms with Crippen LogP contribution in [0.4, 0.5) is 0 Å². The van der Waals surface area contributed by atoms with E-state index in [1.165, 1.54) is 38.4 Å². The van der Waals surface area contributed by atoms with E-state index in [9.17, 15) is 18.0 Å². The molecular weight excluding hydrogens is 444 g/mol. The molecule has 2 amide bonds. The van der Waals surface area contributed by atoms with Crippen LogP contribution in [0.2, 0.25) is 0 Å². The van der Waals surface area contributed by atoms with Crippen molar-refractivity contribution < 1.29 is 22.5 Å². The molecule has 0 atom stereocenters. The molecule has 1 aromatic heterocycles. The number of amides is 2. The molecule has 4 rings (SSSR count). The summed E-state index contributed by atoms with van der Waals surface area (Å²) < 4.78 is 31.1. The Morgan fingerprint density at radius 3 is 2.18 bits per heavy atom. The Kier molecular flexibility index (Phi) is 5.95. The Hall–Kier alpha value is -4.02. The summed E-state index contributed by atoms with van der Waals surface area (Å²) in [5.41, 5.74) is 6.43. The van der Waals surface area contributed by atoms with Gasteiger partial charge in [0.05, 0.1) is 10.3 Å². The van der Waals surface area contributed by atoms with E-state index in [-0.39, 0.29) is 16.0 Å². The minimum absolute atomic E-state index is 0.0298. The number of rotatable bonds is 5. The van der Waals surface area contributed by atoms with Gasteiger partial charge in [0.25, 0.3) is 11.8 Å². The van der Waals surface area contributed by atoms with Gasteiger partial charge >= 0.3 is 0 Å². The van der Waals surface area contributed by atoms with Crippen LogP contribution >= 0.6 is 0 Å². The number of aromatic nitrogens is 1. The second-order valence-electron chi connectivity index (χ2n) is 7.33. The first-order chi connectivity index (χ1) is 15.8. The van der Waals surface area contributed by atoms with Gasteiger partial charge in [-0.25, -0.2) is 12.7 Å². The van der Waals surface area contributed by atoms with Crippen molar-refractivity contribution in [3.05, 3.63) is 83.9 Å². The van der Waals surface area contributed by atoms with Gasteiger partial charge in [0.15, 0.2) is 5.76 Å². The molecule has 33 heavy (non-hydrogen) atoms. The minimum atomic E-state index is -3.70. The van der Waals surface area contributed by atoms with Crippen molar-refractivity contribution in [2.45, 2.75) is 4.90 Å². The molecule has 4 aromatic rings. The first kappa shape index (κ1) is 22.2. The quantitative estimate of drug-likeness (QED) is 0.438. The Morgan fingerprint density at radius 2 is 1.52 bits per heavy atom. The van der Waals surface area contributed by atoms with E-state index in [2.05, 4.69) is 16.0 Å². The number of hydrogen-bond donors (Lipinski definition) is 2. The fraction of sp³-hybridized carbons (Fsp3) is 0.0870. The number of carbonyl (C=O) groups is 2. The average Bonchev–Trinajstić information content (AvgIpc) is 3.26. The number of hydrogen-bond acceptors (Lipinski definition) is 6. The van der Waals surface area contributed by atoms with Crippen molar-refractivity contribution in [1.82, 2.24) is 20.3 Å². The fourth-order valence-corrected chi connectivity index (χ4v) is 4.10. The van der Waals surface area contributed by atoms with E-state index in [1.54, 1.807) is 18.2 Å². The van der Waals surface area contributed by atoms with Gasteiger partial charge in [0.2, 0.25) is 10.0 Å². The smallest absolute Gasteiger partial charge is 0.269 e. The van der Waals surface area contributed by atoms with E-state index in [0.717, 1.165) is 9.87 Å². The second-order valence-corrected chi connectivity index (χ2v) is 9.48. The Balaban J connectivity index is 1.51. The van der Waals surface area contributed by atoms with Crippen LogP contribution in [0.5, 0.6) is 0 Å². The lowest BCUT2D eigenvalue weighted by molar-refractivity contribution is 0.0846. The van der Waals surface area contributed by atoms with Gasteiger partial charge < -0.3 is 4.52 Å². The number of benzene rings is 3. The Bertz CT molecular complexity index is 1450. The lowest BCUT2D eigenvalue weighted by Gasteiger charge is -2.12. The molecule has 0 fully saturated rings. The largest absolute Gasteiger partial charge is 0.355 e. The first-order valence-corrected chi connectivity index (χ1v) is 11.3. The highest BCUT2D eigenvalue weighted by Gasteiger charge is 2.19. The molecule has 0 saturated heterocycles. The van der Waals surface area contributed by atoms with E-state index < -0.39 is 21.8 Å². The summed E-state index contributed by atoms with van der Waals surface area (Å²) in [7, 11) is -0.897. The van der Waals surface area contributed by atoms with Crippen LogP contribution in [0.15, 0.2) is 82.2 Å². The third-order valence-corrected chi connectivity index (χ3v) is 6.75. The molecule has 0 aliphatic rings. The number of nitrogens with zero attached hydrogens (tertiary/aromatic N) is 2. The summed E-state index contributed by atoms with van der Waals surface area (Å²) in [6.45, 7) is 0. The zero-order valence-corrected chi connectivity index (χ0v) is 18.6. The number of fused-ring (bicyclic) bond motifs is 1. The van der Waals surface area contributed by atoms with E-state index in [0.29, 0.717) is 16.7 Å². The van der Waals surface area contributed by atoms with Crippen LogP contribution in [0.1, 0.15) is 20.7 Å². The summed E-state index contributed by atoms with van der Waals surface area (Å²) >= 11 is 0. The minimum Gasteiger partial charge on any atom is -0.355 e. The normalized spacial score (nSPS) is 11.5. The van der Waals surface area contributed by atoms with E-state index in [1.807, 2.05) is 30.3 Å². The van der Waals surface area contributed by atoms with Crippen LogP contribution in [0, 0.1) is 0 Å². The predicted octanol–water partition coefficient (Wildman–Crippen LogP) is 2.82. The summed E-state index contributed by atoms with van der Waals surface area (Å²) in [6, 6.07) is 19.7. The van der Waals surface area contributed by atoms with Gasteiger partial charge in [0.1, 0.15) is 5.52 Å². The molecule has 0 saturated carbocycles. The zero-order chi connectivity index (χ0) is 23.6. The van der Waals surface area contributed by atoms with Crippen molar-refractivity contribution in [1.29, 1.82) is 0 Å². The molecule has 3 aromatic carbocycles. The van der Waals surface area contributed by atoms with Crippen molar-refractivity contribution >= 4 is 32.7 Å². The second kappa shape index (κ2) is 8.85. The molecular formula is C23H20N4O5S. The van der Waals surface area contributed by atoms with Gasteiger partial charge in [0, 0.05) is 30.8 Å². The molecule has 0 aliphatic heterocycles. The standard InChI is InChI=1S/C23H20N4O5S/c1-27(2)33(30,31)18-10-6-9-16(13-18)22(28)24-25-23(29)17-11-12-20-19(14-17)21(32-26-20)15-7-4-3-5-8-15/h3-14H,1-2H3,(H,24,28)(H,25,29). The molecule has 0 spiro atoms. The summed E-state index contributed by atoms with van der Waals surface area (Å²) in [5, 5.41) is 4.68. The number of hydrazine groups is 1. The van der Waals surface area contributed by atoms with Crippen molar-refractivity contribution in [2.24, 2.45) is 0 Å². The van der Waals surface area contributed by atoms with Crippen LogP contribution < -0.4 is 10.9 Å². The Morgan fingerprint density at radius 1 is 0.848 bits per heavy atom. The molecule has 9 nitrogen and oxygen atoms in total. The van der Waals surface area contributed by atoms with Crippen molar-refractivity contribution in [2.75, 3.05) is 14.1 Å². The summed E-state index contributed by atoms with van der Waals surface area (Å²) in [6.07, 6.45) is 0. The van der Waals surface area contributed by atoms with Gasteiger partial charge in [-0.15, -0.1) is 0 Å². The molecule has 2 N–H and O–H groups in total. The molecule has 0 aliphatic carbocycles. The van der Waals surface area contributed by atoms with E-state index >= 15 is 0 Å². The Labute approximate surface area is 190 Å². The number of carbonyl (C=O) groups excluding carboxylic acids is 2.